The van der Waals surface area contributed by atoms with Crippen molar-refractivity contribution in [1.29, 1.82) is 0 Å². The summed E-state index contributed by atoms with van der Waals surface area (Å²) in [6, 6.07) is 0. The fourth-order valence-corrected chi connectivity index (χ4v) is 3.85. The highest BCUT2D eigenvalue weighted by Gasteiger charge is 2.38. The Kier molecular flexibility index (Phi) is 2.96. The Morgan fingerprint density at radius 3 is 2.40 bits per heavy atom. The lowest BCUT2D eigenvalue weighted by atomic mass is 9.60. The first-order chi connectivity index (χ1) is 7.02. The molecule has 1 saturated carbocycles. The highest BCUT2D eigenvalue weighted by Crippen LogP contribution is 2.51. The molecule has 2 aliphatic carbocycles. The van der Waals surface area contributed by atoms with Gasteiger partial charge < -0.3 is 0 Å². The SMILES string of the molecule is CC1(C)CCC[C@](C)(C2=CCCCC2)C1. The first-order valence-corrected chi connectivity index (χ1v) is 6.71. The first kappa shape index (κ1) is 11.2. The van der Waals surface area contributed by atoms with Gasteiger partial charge >= 0.3 is 0 Å². The first-order valence-electron chi connectivity index (χ1n) is 6.71. The van der Waals surface area contributed by atoms with Crippen LogP contribution in [0.4, 0.5) is 0 Å². The van der Waals surface area contributed by atoms with Gasteiger partial charge in [0.25, 0.3) is 0 Å². The molecule has 0 amide bonds. The van der Waals surface area contributed by atoms with Crippen LogP contribution in [0.25, 0.3) is 0 Å². The molecule has 0 bridgehead atoms. The molecule has 0 aliphatic heterocycles. The van der Waals surface area contributed by atoms with Gasteiger partial charge in [0.2, 0.25) is 0 Å². The second-order valence-corrected chi connectivity index (χ2v) is 6.73. The van der Waals surface area contributed by atoms with E-state index in [1.165, 1.54) is 51.4 Å². The van der Waals surface area contributed by atoms with E-state index >= 15 is 0 Å². The van der Waals surface area contributed by atoms with Crippen molar-refractivity contribution in [1.82, 2.24) is 0 Å². The molecule has 0 nitrogen and oxygen atoms in total. The summed E-state index contributed by atoms with van der Waals surface area (Å²) in [5.74, 6) is 0. The molecule has 0 aromatic rings. The van der Waals surface area contributed by atoms with E-state index in [-0.39, 0.29) is 0 Å². The van der Waals surface area contributed by atoms with E-state index in [4.69, 9.17) is 0 Å². The molecule has 0 aromatic carbocycles. The molecular formula is C15H26. The maximum atomic E-state index is 2.56. The number of rotatable bonds is 1. The normalized spacial score (nSPS) is 36.1. The van der Waals surface area contributed by atoms with Gasteiger partial charge in [-0.1, -0.05) is 38.8 Å². The number of hydrogen-bond donors (Lipinski definition) is 0. The van der Waals surface area contributed by atoms with Gasteiger partial charge in [0.05, 0.1) is 0 Å². The van der Waals surface area contributed by atoms with Crippen molar-refractivity contribution in [3.05, 3.63) is 11.6 Å². The van der Waals surface area contributed by atoms with Crippen LogP contribution in [-0.2, 0) is 0 Å². The molecule has 0 unspecified atom stereocenters. The fourth-order valence-electron chi connectivity index (χ4n) is 3.85. The molecule has 15 heavy (non-hydrogen) atoms. The zero-order valence-electron chi connectivity index (χ0n) is 10.7. The van der Waals surface area contributed by atoms with Crippen LogP contribution in [0.15, 0.2) is 11.6 Å². The van der Waals surface area contributed by atoms with Crippen molar-refractivity contribution in [3.63, 3.8) is 0 Å². The van der Waals surface area contributed by atoms with Gasteiger partial charge in [-0.15, -0.1) is 0 Å². The molecule has 0 heteroatoms. The predicted molar refractivity (Wildman–Crippen MR) is 66.9 cm³/mol. The molecule has 0 saturated heterocycles. The predicted octanol–water partition coefficient (Wildman–Crippen LogP) is 5.09. The molecule has 2 rings (SSSR count). The summed E-state index contributed by atoms with van der Waals surface area (Å²) in [5, 5.41) is 0. The van der Waals surface area contributed by atoms with E-state index in [2.05, 4.69) is 26.8 Å². The summed E-state index contributed by atoms with van der Waals surface area (Å²) in [7, 11) is 0. The molecule has 0 radical (unpaired) electrons. The third kappa shape index (κ3) is 2.46. The van der Waals surface area contributed by atoms with E-state index in [0.29, 0.717) is 10.8 Å². The average Bonchev–Trinajstić information content (AvgIpc) is 2.17. The fraction of sp³-hybridized carbons (Fsp3) is 0.867. The van der Waals surface area contributed by atoms with Crippen molar-refractivity contribution in [2.45, 2.75) is 72.1 Å². The maximum Gasteiger partial charge on any atom is -0.0111 e. The van der Waals surface area contributed by atoms with Crippen LogP contribution >= 0.6 is 0 Å². The Morgan fingerprint density at radius 2 is 1.80 bits per heavy atom. The molecule has 0 spiro atoms. The van der Waals surface area contributed by atoms with Crippen LogP contribution in [0.5, 0.6) is 0 Å². The third-order valence-corrected chi connectivity index (χ3v) is 4.52. The van der Waals surface area contributed by atoms with Crippen molar-refractivity contribution in [2.24, 2.45) is 10.8 Å². The minimum absolute atomic E-state index is 0.544. The molecule has 0 heterocycles. The molecule has 0 N–H and O–H groups in total. The number of allylic oxidation sites excluding steroid dienone is 2. The standard InChI is InChI=1S/C15H26/c1-14(2)10-7-11-15(3,12-14)13-8-5-4-6-9-13/h8H,4-7,9-12H2,1-3H3/t15-/m0/s1. The molecule has 0 aromatic heterocycles. The summed E-state index contributed by atoms with van der Waals surface area (Å²) >= 11 is 0. The van der Waals surface area contributed by atoms with Gasteiger partial charge in [0.15, 0.2) is 0 Å². The van der Waals surface area contributed by atoms with Crippen molar-refractivity contribution >= 4 is 0 Å². The Bertz CT molecular complexity index is 259. The van der Waals surface area contributed by atoms with Gasteiger partial charge in [-0.25, -0.2) is 0 Å². The number of hydrogen-bond acceptors (Lipinski definition) is 0. The minimum atomic E-state index is 0.544. The van der Waals surface area contributed by atoms with Crippen LogP contribution in [0.3, 0.4) is 0 Å². The van der Waals surface area contributed by atoms with E-state index < -0.39 is 0 Å². The van der Waals surface area contributed by atoms with E-state index in [1.54, 1.807) is 5.57 Å². The van der Waals surface area contributed by atoms with Crippen LogP contribution in [0, 0.1) is 10.8 Å². The summed E-state index contributed by atoms with van der Waals surface area (Å²) in [6.07, 6.45) is 13.8. The molecule has 2 aliphatic rings. The Hall–Kier alpha value is -0.260. The Labute approximate surface area is 95.1 Å². The van der Waals surface area contributed by atoms with Crippen LogP contribution < -0.4 is 0 Å². The van der Waals surface area contributed by atoms with E-state index in [0.717, 1.165) is 0 Å². The summed E-state index contributed by atoms with van der Waals surface area (Å²) in [5.41, 5.74) is 2.91. The zero-order valence-corrected chi connectivity index (χ0v) is 10.7. The lowest BCUT2D eigenvalue weighted by Crippen LogP contribution is -2.32. The van der Waals surface area contributed by atoms with Crippen molar-refractivity contribution in [2.75, 3.05) is 0 Å². The van der Waals surface area contributed by atoms with Crippen LogP contribution in [0.2, 0.25) is 0 Å². The Morgan fingerprint density at radius 1 is 1.00 bits per heavy atom. The second-order valence-electron chi connectivity index (χ2n) is 6.73. The van der Waals surface area contributed by atoms with E-state index in [9.17, 15) is 0 Å². The smallest absolute Gasteiger partial charge is 0.0111 e. The Balaban J connectivity index is 2.14. The van der Waals surface area contributed by atoms with Gasteiger partial charge in [-0.05, 0) is 55.8 Å². The lowest BCUT2D eigenvalue weighted by Gasteiger charge is -2.45. The van der Waals surface area contributed by atoms with Crippen LogP contribution in [0.1, 0.15) is 72.1 Å². The third-order valence-electron chi connectivity index (χ3n) is 4.52. The van der Waals surface area contributed by atoms with Gasteiger partial charge in [0.1, 0.15) is 0 Å². The lowest BCUT2D eigenvalue weighted by molar-refractivity contribution is 0.125. The van der Waals surface area contributed by atoms with Gasteiger partial charge in [0, 0.05) is 0 Å². The molecule has 1 fully saturated rings. The monoisotopic (exact) mass is 206 g/mol. The van der Waals surface area contributed by atoms with Gasteiger partial charge in [-0.2, -0.15) is 0 Å². The van der Waals surface area contributed by atoms with Crippen molar-refractivity contribution in [3.8, 4) is 0 Å². The second kappa shape index (κ2) is 3.96. The highest BCUT2D eigenvalue weighted by molar-refractivity contribution is 5.17. The summed E-state index contributed by atoms with van der Waals surface area (Å²) in [4.78, 5) is 0. The average molecular weight is 206 g/mol. The molecule has 1 atom stereocenters. The van der Waals surface area contributed by atoms with E-state index in [1.807, 2.05) is 0 Å². The molecular weight excluding hydrogens is 180 g/mol. The minimum Gasteiger partial charge on any atom is -0.0848 e. The maximum absolute atomic E-state index is 2.56. The van der Waals surface area contributed by atoms with Gasteiger partial charge in [-0.3, -0.25) is 0 Å². The quantitative estimate of drug-likeness (QED) is 0.524. The summed E-state index contributed by atoms with van der Waals surface area (Å²) in [6.45, 7) is 7.42. The summed E-state index contributed by atoms with van der Waals surface area (Å²) < 4.78 is 0. The molecule has 86 valence electrons. The van der Waals surface area contributed by atoms with Crippen molar-refractivity contribution < 1.29 is 0 Å². The topological polar surface area (TPSA) is 0 Å². The highest BCUT2D eigenvalue weighted by atomic mass is 14.4. The largest absolute Gasteiger partial charge is 0.0848 e. The van der Waals surface area contributed by atoms with Crippen LogP contribution in [-0.4, -0.2) is 0 Å². The zero-order chi connectivity index (χ0) is 10.9.